The molecule has 1 aromatic carbocycles. The van der Waals surface area contributed by atoms with Crippen molar-refractivity contribution in [3.8, 4) is 0 Å². The molecule has 0 aliphatic rings. The van der Waals surface area contributed by atoms with Crippen molar-refractivity contribution in [1.29, 1.82) is 0 Å². The van der Waals surface area contributed by atoms with Crippen LogP contribution in [0, 0.1) is 0 Å². The molecule has 0 aliphatic heterocycles. The Labute approximate surface area is 114 Å². The summed E-state index contributed by atoms with van der Waals surface area (Å²) in [6, 6.07) is 6.95. The molecular weight excluding hydrogens is 264 g/mol. The SMILES string of the molecule is CNC(C)(C)c1ccc([SH](N)(=O)/N=N/C(C)=O)cc1. The number of carbonyl (C=O) groups is 1. The van der Waals surface area contributed by atoms with Crippen molar-refractivity contribution >= 4 is 16.2 Å². The minimum atomic E-state index is -3.46. The number of nitrogens with one attached hydrogen (secondary N) is 1. The summed E-state index contributed by atoms with van der Waals surface area (Å²) in [6.45, 7) is 5.28. The van der Waals surface area contributed by atoms with Crippen LogP contribution in [0.2, 0.25) is 0 Å². The van der Waals surface area contributed by atoms with Gasteiger partial charge >= 0.3 is 0 Å². The Morgan fingerprint density at radius 3 is 2.26 bits per heavy atom. The summed E-state index contributed by atoms with van der Waals surface area (Å²) in [7, 11) is -1.60. The first-order valence-corrected chi connectivity index (χ1v) is 7.54. The zero-order valence-electron chi connectivity index (χ0n) is 11.5. The van der Waals surface area contributed by atoms with Gasteiger partial charge in [0.1, 0.15) is 0 Å². The van der Waals surface area contributed by atoms with E-state index in [-0.39, 0.29) is 5.54 Å². The number of hydrogen-bond acceptors (Lipinski definition) is 3. The van der Waals surface area contributed by atoms with Gasteiger partial charge in [0.2, 0.25) is 0 Å². The molecule has 0 unspecified atom stereocenters. The van der Waals surface area contributed by atoms with E-state index in [1.165, 1.54) is 6.92 Å². The monoisotopic (exact) mass is 284 g/mol. The molecule has 0 radical (unpaired) electrons. The van der Waals surface area contributed by atoms with E-state index in [4.69, 9.17) is 5.14 Å². The van der Waals surface area contributed by atoms with E-state index in [1.54, 1.807) is 12.1 Å². The summed E-state index contributed by atoms with van der Waals surface area (Å²) in [5.74, 6) is -0.529. The lowest BCUT2D eigenvalue weighted by Gasteiger charge is -2.25. The summed E-state index contributed by atoms with van der Waals surface area (Å²) in [5.41, 5.74) is 0.833. The van der Waals surface area contributed by atoms with Crippen LogP contribution in [0.15, 0.2) is 38.8 Å². The van der Waals surface area contributed by atoms with Gasteiger partial charge in [0.15, 0.2) is 0 Å². The first-order valence-electron chi connectivity index (χ1n) is 5.81. The molecular formula is C12H20N4O2S. The van der Waals surface area contributed by atoms with E-state index in [0.29, 0.717) is 4.90 Å². The number of carbonyl (C=O) groups excluding carboxylic acids is 1. The fraction of sp³-hybridized carbons (Fsp3) is 0.417. The molecule has 19 heavy (non-hydrogen) atoms. The van der Waals surface area contributed by atoms with Crippen LogP contribution in [-0.4, -0.2) is 17.2 Å². The summed E-state index contributed by atoms with van der Waals surface area (Å²) in [5, 5.41) is 12.0. The lowest BCUT2D eigenvalue weighted by Crippen LogP contribution is -2.33. The average Bonchev–Trinajstić information content (AvgIpc) is 2.37. The Bertz CT molecular complexity index is 537. The second kappa shape index (κ2) is 5.68. The normalized spacial score (nSPS) is 13.7. The second-order valence-corrected chi connectivity index (χ2v) is 6.69. The van der Waals surface area contributed by atoms with Gasteiger partial charge in [-0.15, -0.1) is 5.11 Å². The van der Waals surface area contributed by atoms with Crippen molar-refractivity contribution in [3.63, 3.8) is 0 Å². The number of benzene rings is 1. The largest absolute Gasteiger partial charge is 0.311 e. The molecule has 6 nitrogen and oxygen atoms in total. The zero-order chi connectivity index (χ0) is 14.7. The van der Waals surface area contributed by atoms with Crippen LogP contribution < -0.4 is 10.5 Å². The quantitative estimate of drug-likeness (QED) is 0.574. The molecule has 106 valence electrons. The van der Waals surface area contributed by atoms with Crippen molar-refractivity contribution in [3.05, 3.63) is 29.8 Å². The van der Waals surface area contributed by atoms with Gasteiger partial charge in [0.25, 0.3) is 5.91 Å². The first-order chi connectivity index (χ1) is 8.69. The van der Waals surface area contributed by atoms with Gasteiger partial charge in [-0.3, -0.25) is 9.93 Å². The lowest BCUT2D eigenvalue weighted by atomic mass is 9.95. The highest BCUT2D eigenvalue weighted by atomic mass is 32.3. The Hall–Kier alpha value is -1.44. The standard InChI is InChI=1S/C12H20N4O2S/c1-9(17)15-16-19(13,18)11-7-5-10(6-8-11)12(2,3)14-4/h5-8,14,19H,1-4H3,(H2,13,18)/b16-15+. The highest BCUT2D eigenvalue weighted by Crippen LogP contribution is 2.23. The van der Waals surface area contributed by atoms with E-state index >= 15 is 0 Å². The zero-order valence-corrected chi connectivity index (χ0v) is 12.4. The second-order valence-electron chi connectivity index (χ2n) is 4.75. The predicted octanol–water partition coefficient (Wildman–Crippen LogP) is 1.30. The first kappa shape index (κ1) is 15.6. The van der Waals surface area contributed by atoms with Gasteiger partial charge < -0.3 is 5.32 Å². The highest BCUT2D eigenvalue weighted by molar-refractivity contribution is 7.99. The van der Waals surface area contributed by atoms with Gasteiger partial charge in [-0.05, 0) is 38.6 Å². The highest BCUT2D eigenvalue weighted by Gasteiger charge is 2.18. The Balaban J connectivity index is 3.05. The van der Waals surface area contributed by atoms with Crippen molar-refractivity contribution in [2.45, 2.75) is 31.2 Å². The summed E-state index contributed by atoms with van der Waals surface area (Å²) < 4.78 is 15.5. The molecule has 3 N–H and O–H groups in total. The molecule has 1 rings (SSSR count). The van der Waals surface area contributed by atoms with Gasteiger partial charge in [-0.1, -0.05) is 16.7 Å². The van der Waals surface area contributed by atoms with Crippen LogP contribution >= 0.6 is 0 Å². The fourth-order valence-electron chi connectivity index (χ4n) is 1.42. The van der Waals surface area contributed by atoms with Crippen molar-refractivity contribution in [2.75, 3.05) is 7.05 Å². The minimum absolute atomic E-state index is 0.196. The summed E-state index contributed by atoms with van der Waals surface area (Å²) >= 11 is 0. The molecule has 0 aliphatic carbocycles. The Morgan fingerprint density at radius 1 is 1.32 bits per heavy atom. The van der Waals surface area contributed by atoms with Crippen molar-refractivity contribution < 1.29 is 9.00 Å². The van der Waals surface area contributed by atoms with E-state index in [2.05, 4.69) is 15.0 Å². The molecule has 0 saturated carbocycles. The predicted molar refractivity (Wildman–Crippen MR) is 76.1 cm³/mol. The third-order valence-electron chi connectivity index (χ3n) is 2.90. The van der Waals surface area contributed by atoms with Crippen LogP contribution in [0.4, 0.5) is 0 Å². The van der Waals surface area contributed by atoms with E-state index < -0.39 is 16.2 Å². The summed E-state index contributed by atoms with van der Waals surface area (Å²) in [6.07, 6.45) is 0. The smallest absolute Gasteiger partial charge is 0.262 e. The van der Waals surface area contributed by atoms with E-state index in [9.17, 15) is 9.00 Å². The topological polar surface area (TPSA) is 96.9 Å². The average molecular weight is 284 g/mol. The number of amides is 1. The van der Waals surface area contributed by atoms with Crippen LogP contribution in [0.25, 0.3) is 0 Å². The van der Waals surface area contributed by atoms with Gasteiger partial charge in [-0.25, -0.2) is 4.21 Å². The number of nitrogens with two attached hydrogens (primary N) is 1. The van der Waals surface area contributed by atoms with E-state index in [0.717, 1.165) is 5.56 Å². The summed E-state index contributed by atoms with van der Waals surface area (Å²) in [4.78, 5) is 11.1. The van der Waals surface area contributed by atoms with Crippen LogP contribution in [0.1, 0.15) is 26.3 Å². The van der Waals surface area contributed by atoms with Gasteiger partial charge in [0.05, 0.1) is 10.3 Å². The number of nitrogens with zero attached hydrogens (tertiary/aromatic N) is 2. The number of hydrogen-bond donors (Lipinski definition) is 3. The third kappa shape index (κ3) is 4.02. The minimum Gasteiger partial charge on any atom is -0.311 e. The van der Waals surface area contributed by atoms with Gasteiger partial charge in [0, 0.05) is 17.4 Å². The van der Waals surface area contributed by atoms with Gasteiger partial charge in [-0.2, -0.15) is 0 Å². The number of thiol groups is 1. The lowest BCUT2D eigenvalue weighted by molar-refractivity contribution is -0.116. The molecule has 0 fully saturated rings. The Kier molecular flexibility index (Phi) is 4.67. The molecule has 0 atom stereocenters. The van der Waals surface area contributed by atoms with Crippen LogP contribution in [0.3, 0.4) is 0 Å². The third-order valence-corrected chi connectivity index (χ3v) is 4.30. The maximum Gasteiger partial charge on any atom is 0.262 e. The van der Waals surface area contributed by atoms with Crippen LogP contribution in [0.5, 0.6) is 0 Å². The molecule has 0 spiro atoms. The molecule has 0 saturated heterocycles. The molecule has 0 aromatic heterocycles. The fourth-order valence-corrected chi connectivity index (χ4v) is 2.36. The molecule has 0 heterocycles. The molecule has 0 bridgehead atoms. The maximum atomic E-state index is 12.1. The van der Waals surface area contributed by atoms with Crippen LogP contribution in [-0.2, 0) is 20.6 Å². The van der Waals surface area contributed by atoms with Crippen molar-refractivity contribution in [2.24, 2.45) is 14.8 Å². The Morgan fingerprint density at radius 2 is 1.84 bits per heavy atom. The maximum absolute atomic E-state index is 12.1. The van der Waals surface area contributed by atoms with Crippen molar-refractivity contribution in [1.82, 2.24) is 5.32 Å². The van der Waals surface area contributed by atoms with E-state index in [1.807, 2.05) is 33.0 Å². The molecule has 1 aromatic rings. The molecule has 7 heteroatoms. The molecule has 1 amide bonds. The number of rotatable bonds is 4.